The summed E-state index contributed by atoms with van der Waals surface area (Å²) in [4.78, 5) is 8.80. The van der Waals surface area contributed by atoms with Crippen LogP contribution in [0.5, 0.6) is 0 Å². The Balaban J connectivity index is 1.57. The van der Waals surface area contributed by atoms with Crippen molar-refractivity contribution in [3.63, 3.8) is 0 Å². The standard InChI is InChI=1S/C20H18N4/c21-11-15-8-9-22-19(10-15)20-13-24(14-23-20)12-17-6-3-5-16-4-1-2-7-18(16)17/h1-2,4,7-10,13-14,17H,3,5-6,12H2. The molecule has 1 aromatic carbocycles. The Bertz CT molecular complexity index is 904. The van der Waals surface area contributed by atoms with Gasteiger partial charge in [-0.2, -0.15) is 5.26 Å². The van der Waals surface area contributed by atoms with Crippen molar-refractivity contribution in [1.29, 1.82) is 5.26 Å². The summed E-state index contributed by atoms with van der Waals surface area (Å²) in [5, 5.41) is 9.02. The fourth-order valence-corrected chi connectivity index (χ4v) is 3.53. The first-order valence-electron chi connectivity index (χ1n) is 8.29. The van der Waals surface area contributed by atoms with E-state index in [0.717, 1.165) is 17.9 Å². The molecule has 2 aromatic heterocycles. The average Bonchev–Trinajstić information content (AvgIpc) is 3.11. The number of hydrogen-bond donors (Lipinski definition) is 0. The second-order valence-electron chi connectivity index (χ2n) is 6.29. The lowest BCUT2D eigenvalue weighted by atomic mass is 9.83. The summed E-state index contributed by atoms with van der Waals surface area (Å²) in [7, 11) is 0. The highest BCUT2D eigenvalue weighted by molar-refractivity contribution is 5.55. The summed E-state index contributed by atoms with van der Waals surface area (Å²) in [5.41, 5.74) is 5.13. The molecule has 1 atom stereocenters. The van der Waals surface area contributed by atoms with Crippen molar-refractivity contribution in [3.05, 3.63) is 71.8 Å². The van der Waals surface area contributed by atoms with Crippen LogP contribution in [-0.2, 0) is 13.0 Å². The van der Waals surface area contributed by atoms with Gasteiger partial charge in [-0.3, -0.25) is 4.98 Å². The lowest BCUT2D eigenvalue weighted by molar-refractivity contribution is 0.483. The number of aryl methyl sites for hydroxylation is 1. The molecule has 4 heteroatoms. The summed E-state index contributed by atoms with van der Waals surface area (Å²) in [6, 6.07) is 14.4. The lowest BCUT2D eigenvalue weighted by Crippen LogP contribution is -2.14. The molecule has 0 radical (unpaired) electrons. The molecule has 0 N–H and O–H groups in total. The molecule has 4 nitrogen and oxygen atoms in total. The van der Waals surface area contributed by atoms with E-state index in [-0.39, 0.29) is 0 Å². The average molecular weight is 314 g/mol. The molecule has 0 saturated heterocycles. The van der Waals surface area contributed by atoms with Crippen LogP contribution in [0.3, 0.4) is 0 Å². The Labute approximate surface area is 141 Å². The van der Waals surface area contributed by atoms with Crippen molar-refractivity contribution in [2.45, 2.75) is 31.7 Å². The summed E-state index contributed by atoms with van der Waals surface area (Å²) in [6.45, 7) is 0.932. The van der Waals surface area contributed by atoms with Gasteiger partial charge in [-0.05, 0) is 42.5 Å². The molecule has 4 rings (SSSR count). The predicted octanol–water partition coefficient (Wildman–Crippen LogP) is 3.94. The van der Waals surface area contributed by atoms with Crippen molar-refractivity contribution in [3.8, 4) is 17.5 Å². The summed E-state index contributed by atoms with van der Waals surface area (Å²) >= 11 is 0. The SMILES string of the molecule is N#Cc1ccnc(-c2cn(CC3CCCc4ccccc43)cn2)c1. The molecule has 0 bridgehead atoms. The van der Waals surface area contributed by atoms with E-state index in [1.165, 1.54) is 30.4 Å². The second kappa shape index (κ2) is 6.29. The predicted molar refractivity (Wildman–Crippen MR) is 92.3 cm³/mol. The van der Waals surface area contributed by atoms with Crippen LogP contribution in [0, 0.1) is 11.3 Å². The van der Waals surface area contributed by atoms with Gasteiger partial charge < -0.3 is 4.57 Å². The third-order valence-corrected chi connectivity index (χ3v) is 4.71. The molecular weight excluding hydrogens is 296 g/mol. The van der Waals surface area contributed by atoms with Crippen LogP contribution in [-0.4, -0.2) is 14.5 Å². The Morgan fingerprint density at radius 1 is 1.17 bits per heavy atom. The number of rotatable bonds is 3. The minimum absolute atomic E-state index is 0.537. The summed E-state index contributed by atoms with van der Waals surface area (Å²) in [5.74, 6) is 0.537. The molecule has 3 aromatic rings. The Morgan fingerprint density at radius 3 is 3.00 bits per heavy atom. The minimum atomic E-state index is 0.537. The van der Waals surface area contributed by atoms with Crippen LogP contribution in [0.25, 0.3) is 11.4 Å². The monoisotopic (exact) mass is 314 g/mol. The van der Waals surface area contributed by atoms with Crippen LogP contribution < -0.4 is 0 Å². The summed E-state index contributed by atoms with van der Waals surface area (Å²) < 4.78 is 2.14. The van der Waals surface area contributed by atoms with Gasteiger partial charge in [-0.25, -0.2) is 4.98 Å². The zero-order valence-electron chi connectivity index (χ0n) is 13.4. The van der Waals surface area contributed by atoms with Crippen molar-refractivity contribution < 1.29 is 0 Å². The minimum Gasteiger partial charge on any atom is -0.336 e. The number of fused-ring (bicyclic) bond motifs is 1. The fraction of sp³-hybridized carbons (Fsp3) is 0.250. The molecule has 1 aliphatic carbocycles. The first-order chi connectivity index (χ1) is 11.8. The molecule has 0 fully saturated rings. The van der Waals surface area contributed by atoms with Crippen LogP contribution in [0.2, 0.25) is 0 Å². The van der Waals surface area contributed by atoms with Crippen LogP contribution in [0.15, 0.2) is 55.1 Å². The molecule has 0 spiro atoms. The number of imidazole rings is 1. The lowest BCUT2D eigenvalue weighted by Gasteiger charge is -2.25. The third kappa shape index (κ3) is 2.81. The Morgan fingerprint density at radius 2 is 2.08 bits per heavy atom. The van der Waals surface area contributed by atoms with Gasteiger partial charge in [0.05, 0.1) is 23.7 Å². The Hall–Kier alpha value is -2.93. The molecule has 0 aliphatic heterocycles. The first kappa shape index (κ1) is 14.6. The number of nitriles is 1. The molecular formula is C20H18N4. The van der Waals surface area contributed by atoms with E-state index in [1.54, 1.807) is 18.3 Å². The maximum Gasteiger partial charge on any atom is 0.107 e. The van der Waals surface area contributed by atoms with E-state index in [9.17, 15) is 0 Å². The highest BCUT2D eigenvalue weighted by Gasteiger charge is 2.20. The number of benzene rings is 1. The molecule has 24 heavy (non-hydrogen) atoms. The molecule has 118 valence electrons. The van der Waals surface area contributed by atoms with E-state index in [1.807, 2.05) is 12.5 Å². The summed E-state index contributed by atoms with van der Waals surface area (Å²) in [6.07, 6.45) is 9.20. The zero-order valence-corrected chi connectivity index (χ0v) is 13.4. The molecule has 0 amide bonds. The normalized spacial score (nSPS) is 16.4. The Kier molecular flexibility index (Phi) is 3.84. The molecule has 1 unspecified atom stereocenters. The van der Waals surface area contributed by atoms with Gasteiger partial charge in [-0.1, -0.05) is 24.3 Å². The van der Waals surface area contributed by atoms with Crippen molar-refractivity contribution in [2.24, 2.45) is 0 Å². The van der Waals surface area contributed by atoms with Gasteiger partial charge in [0.1, 0.15) is 5.69 Å². The van der Waals surface area contributed by atoms with Crippen LogP contribution >= 0.6 is 0 Å². The van der Waals surface area contributed by atoms with E-state index in [0.29, 0.717) is 11.5 Å². The first-order valence-corrected chi connectivity index (χ1v) is 8.29. The van der Waals surface area contributed by atoms with E-state index < -0.39 is 0 Å². The van der Waals surface area contributed by atoms with Crippen LogP contribution in [0.1, 0.15) is 35.4 Å². The maximum atomic E-state index is 9.02. The third-order valence-electron chi connectivity index (χ3n) is 4.71. The number of pyridine rings is 1. The number of aromatic nitrogens is 3. The van der Waals surface area contributed by atoms with Crippen molar-refractivity contribution >= 4 is 0 Å². The van der Waals surface area contributed by atoms with Gasteiger partial charge in [-0.15, -0.1) is 0 Å². The van der Waals surface area contributed by atoms with Crippen LogP contribution in [0.4, 0.5) is 0 Å². The molecule has 1 aliphatic rings. The highest BCUT2D eigenvalue weighted by Crippen LogP contribution is 2.32. The van der Waals surface area contributed by atoms with Gasteiger partial charge >= 0.3 is 0 Å². The van der Waals surface area contributed by atoms with Crippen molar-refractivity contribution in [2.75, 3.05) is 0 Å². The van der Waals surface area contributed by atoms with E-state index >= 15 is 0 Å². The van der Waals surface area contributed by atoms with Crippen molar-refractivity contribution in [1.82, 2.24) is 14.5 Å². The smallest absolute Gasteiger partial charge is 0.107 e. The van der Waals surface area contributed by atoms with E-state index in [4.69, 9.17) is 5.26 Å². The number of nitrogens with zero attached hydrogens (tertiary/aromatic N) is 4. The topological polar surface area (TPSA) is 54.5 Å². The van der Waals surface area contributed by atoms with Gasteiger partial charge in [0.25, 0.3) is 0 Å². The fourth-order valence-electron chi connectivity index (χ4n) is 3.53. The van der Waals surface area contributed by atoms with Gasteiger partial charge in [0, 0.05) is 24.9 Å². The van der Waals surface area contributed by atoms with Gasteiger partial charge in [0.2, 0.25) is 0 Å². The molecule has 0 saturated carbocycles. The zero-order chi connectivity index (χ0) is 16.4. The molecule has 2 heterocycles. The van der Waals surface area contributed by atoms with Gasteiger partial charge in [0.15, 0.2) is 0 Å². The largest absolute Gasteiger partial charge is 0.336 e. The quantitative estimate of drug-likeness (QED) is 0.736. The highest BCUT2D eigenvalue weighted by atomic mass is 15.0. The second-order valence-corrected chi connectivity index (χ2v) is 6.29. The maximum absolute atomic E-state index is 9.02. The number of hydrogen-bond acceptors (Lipinski definition) is 3. The van der Waals surface area contributed by atoms with E-state index in [2.05, 4.69) is 44.9 Å².